The van der Waals surface area contributed by atoms with Crippen molar-refractivity contribution in [2.45, 2.75) is 57.2 Å². The van der Waals surface area contributed by atoms with Crippen LogP contribution in [0.4, 0.5) is 0 Å². The molecular formula is C13H22N2. The van der Waals surface area contributed by atoms with Crippen molar-refractivity contribution in [1.82, 2.24) is 10.6 Å². The average Bonchev–Trinajstić information content (AvgIpc) is 2.31. The molecule has 1 saturated carbocycles. The summed E-state index contributed by atoms with van der Waals surface area (Å²) in [6.45, 7) is 2.27. The second-order valence-corrected chi connectivity index (χ2v) is 4.73. The van der Waals surface area contributed by atoms with Gasteiger partial charge in [-0.1, -0.05) is 31.4 Å². The van der Waals surface area contributed by atoms with Crippen molar-refractivity contribution in [3.8, 4) is 0 Å². The molecule has 2 heteroatoms. The first-order valence-electron chi connectivity index (χ1n) is 6.22. The van der Waals surface area contributed by atoms with Crippen molar-refractivity contribution < 1.29 is 0 Å². The van der Waals surface area contributed by atoms with Gasteiger partial charge in [-0.05, 0) is 32.0 Å². The molecule has 2 rings (SSSR count). The molecule has 2 N–H and O–H groups in total. The monoisotopic (exact) mass is 206 g/mol. The maximum atomic E-state index is 3.74. The van der Waals surface area contributed by atoms with E-state index in [1.165, 1.54) is 32.1 Å². The first kappa shape index (κ1) is 10.7. The van der Waals surface area contributed by atoms with Gasteiger partial charge in [-0.15, -0.1) is 0 Å². The number of nitrogens with one attached hydrogen (secondary N) is 2. The van der Waals surface area contributed by atoms with Crippen LogP contribution in [-0.4, -0.2) is 18.1 Å². The van der Waals surface area contributed by atoms with Gasteiger partial charge in [-0.25, -0.2) is 0 Å². The fourth-order valence-corrected chi connectivity index (χ4v) is 2.52. The highest BCUT2D eigenvalue weighted by molar-refractivity contribution is 5.14. The lowest BCUT2D eigenvalue weighted by molar-refractivity contribution is 0.326. The van der Waals surface area contributed by atoms with Gasteiger partial charge in [0.15, 0.2) is 0 Å². The Kier molecular flexibility index (Phi) is 3.84. The largest absolute Gasteiger partial charge is 0.383 e. The minimum Gasteiger partial charge on any atom is -0.383 e. The molecule has 0 radical (unpaired) electrons. The molecule has 1 aliphatic heterocycles. The molecule has 0 aromatic carbocycles. The van der Waals surface area contributed by atoms with E-state index in [1.807, 2.05) is 12.3 Å². The van der Waals surface area contributed by atoms with E-state index in [2.05, 4.69) is 29.7 Å². The van der Waals surface area contributed by atoms with E-state index in [0.29, 0.717) is 12.1 Å². The molecule has 2 atom stereocenters. The van der Waals surface area contributed by atoms with Crippen molar-refractivity contribution in [2.75, 3.05) is 0 Å². The Morgan fingerprint density at radius 1 is 1.20 bits per heavy atom. The summed E-state index contributed by atoms with van der Waals surface area (Å²) in [7, 11) is 0. The lowest BCUT2D eigenvalue weighted by atomic mass is 9.94. The van der Waals surface area contributed by atoms with Crippen LogP contribution < -0.4 is 10.6 Å². The molecule has 2 aliphatic rings. The van der Waals surface area contributed by atoms with E-state index < -0.39 is 0 Å². The third kappa shape index (κ3) is 3.10. The fraction of sp³-hybridized carbons (Fsp3) is 0.692. The summed E-state index contributed by atoms with van der Waals surface area (Å²) in [4.78, 5) is 0. The molecule has 2 unspecified atom stereocenters. The minimum atomic E-state index is 0.455. The highest BCUT2D eigenvalue weighted by atomic mass is 15.0. The fourth-order valence-electron chi connectivity index (χ4n) is 2.52. The highest BCUT2D eigenvalue weighted by Crippen LogP contribution is 2.18. The first-order valence-corrected chi connectivity index (χ1v) is 6.22. The van der Waals surface area contributed by atoms with Gasteiger partial charge in [-0.2, -0.15) is 0 Å². The SMILES string of the molecule is CC(NC1CCCCC1)C1C=CC=CN1. The Balaban J connectivity index is 1.77. The summed E-state index contributed by atoms with van der Waals surface area (Å²) in [5.74, 6) is 0. The van der Waals surface area contributed by atoms with Gasteiger partial charge in [0.05, 0.1) is 6.04 Å². The number of hydrogen-bond donors (Lipinski definition) is 2. The van der Waals surface area contributed by atoms with Gasteiger partial charge < -0.3 is 10.6 Å². The smallest absolute Gasteiger partial charge is 0.0592 e. The zero-order valence-electron chi connectivity index (χ0n) is 9.58. The van der Waals surface area contributed by atoms with E-state index in [0.717, 1.165) is 6.04 Å². The van der Waals surface area contributed by atoms with Gasteiger partial charge in [0.1, 0.15) is 0 Å². The maximum absolute atomic E-state index is 3.74. The Labute approximate surface area is 92.8 Å². The van der Waals surface area contributed by atoms with Crippen LogP contribution in [0.2, 0.25) is 0 Å². The Morgan fingerprint density at radius 2 is 2.00 bits per heavy atom. The summed E-state index contributed by atoms with van der Waals surface area (Å²) in [6.07, 6.45) is 15.4. The first-order chi connectivity index (χ1) is 7.36. The molecule has 0 amide bonds. The van der Waals surface area contributed by atoms with Crippen LogP contribution in [-0.2, 0) is 0 Å². The number of rotatable bonds is 3. The number of hydrogen-bond acceptors (Lipinski definition) is 2. The lowest BCUT2D eigenvalue weighted by Gasteiger charge is -2.30. The predicted molar refractivity (Wildman–Crippen MR) is 64.7 cm³/mol. The zero-order valence-corrected chi connectivity index (χ0v) is 9.58. The summed E-state index contributed by atoms with van der Waals surface area (Å²) in [5.41, 5.74) is 0. The molecule has 0 saturated heterocycles. The Hall–Kier alpha value is -0.760. The molecule has 1 aliphatic carbocycles. The van der Waals surface area contributed by atoms with Gasteiger partial charge in [0.2, 0.25) is 0 Å². The molecule has 84 valence electrons. The zero-order chi connectivity index (χ0) is 10.5. The molecular weight excluding hydrogens is 184 g/mol. The van der Waals surface area contributed by atoms with Crippen LogP contribution in [0.5, 0.6) is 0 Å². The minimum absolute atomic E-state index is 0.455. The third-order valence-corrected chi connectivity index (χ3v) is 3.46. The molecule has 1 fully saturated rings. The molecule has 0 spiro atoms. The molecule has 1 heterocycles. The van der Waals surface area contributed by atoms with E-state index >= 15 is 0 Å². The summed E-state index contributed by atoms with van der Waals surface area (Å²) < 4.78 is 0. The van der Waals surface area contributed by atoms with E-state index in [1.54, 1.807) is 0 Å². The number of dihydropyridines is 1. The van der Waals surface area contributed by atoms with Crippen molar-refractivity contribution >= 4 is 0 Å². The van der Waals surface area contributed by atoms with Gasteiger partial charge in [-0.3, -0.25) is 0 Å². The van der Waals surface area contributed by atoms with E-state index in [-0.39, 0.29) is 0 Å². The standard InChI is InChI=1S/C13H22N2/c1-11(13-9-5-6-10-14-13)15-12-7-3-2-4-8-12/h5-6,9-15H,2-4,7-8H2,1H3. The van der Waals surface area contributed by atoms with E-state index in [4.69, 9.17) is 0 Å². The van der Waals surface area contributed by atoms with Gasteiger partial charge in [0.25, 0.3) is 0 Å². The highest BCUT2D eigenvalue weighted by Gasteiger charge is 2.19. The number of allylic oxidation sites excluding steroid dienone is 2. The predicted octanol–water partition coefficient (Wildman–Crippen LogP) is 2.34. The molecule has 0 bridgehead atoms. The van der Waals surface area contributed by atoms with E-state index in [9.17, 15) is 0 Å². The topological polar surface area (TPSA) is 24.1 Å². The van der Waals surface area contributed by atoms with Gasteiger partial charge >= 0.3 is 0 Å². The second kappa shape index (κ2) is 5.36. The molecule has 2 nitrogen and oxygen atoms in total. The van der Waals surface area contributed by atoms with Crippen LogP contribution in [0.25, 0.3) is 0 Å². The quantitative estimate of drug-likeness (QED) is 0.740. The molecule has 15 heavy (non-hydrogen) atoms. The van der Waals surface area contributed by atoms with Crippen molar-refractivity contribution in [1.29, 1.82) is 0 Å². The maximum Gasteiger partial charge on any atom is 0.0592 e. The van der Waals surface area contributed by atoms with Crippen molar-refractivity contribution in [3.63, 3.8) is 0 Å². The lowest BCUT2D eigenvalue weighted by Crippen LogP contribution is -2.48. The van der Waals surface area contributed by atoms with Crippen molar-refractivity contribution in [3.05, 3.63) is 24.4 Å². The Bertz CT molecular complexity index is 239. The van der Waals surface area contributed by atoms with Crippen LogP contribution in [0.1, 0.15) is 39.0 Å². The van der Waals surface area contributed by atoms with Crippen LogP contribution in [0, 0.1) is 0 Å². The summed E-state index contributed by atoms with van der Waals surface area (Å²) >= 11 is 0. The second-order valence-electron chi connectivity index (χ2n) is 4.73. The van der Waals surface area contributed by atoms with Crippen molar-refractivity contribution in [2.24, 2.45) is 0 Å². The van der Waals surface area contributed by atoms with Crippen LogP contribution >= 0.6 is 0 Å². The normalized spacial score (nSPS) is 28.7. The average molecular weight is 206 g/mol. The van der Waals surface area contributed by atoms with Gasteiger partial charge in [0, 0.05) is 12.1 Å². The molecule has 0 aromatic heterocycles. The van der Waals surface area contributed by atoms with Crippen LogP contribution in [0.3, 0.4) is 0 Å². The Morgan fingerprint density at radius 3 is 2.67 bits per heavy atom. The summed E-state index contributed by atoms with van der Waals surface area (Å²) in [6, 6.07) is 1.72. The van der Waals surface area contributed by atoms with Crippen LogP contribution in [0.15, 0.2) is 24.4 Å². The third-order valence-electron chi connectivity index (χ3n) is 3.46. The molecule has 0 aromatic rings. The summed E-state index contributed by atoms with van der Waals surface area (Å²) in [5, 5.41) is 7.12.